The molecule has 0 aliphatic rings. The van der Waals surface area contributed by atoms with E-state index in [1.54, 1.807) is 13.8 Å². The quantitative estimate of drug-likeness (QED) is 0.620. The molecule has 13 heavy (non-hydrogen) atoms. The summed E-state index contributed by atoms with van der Waals surface area (Å²) in [5.74, 6) is 1.43. The first-order chi connectivity index (χ1) is 6.00. The van der Waals surface area contributed by atoms with Gasteiger partial charge in [0, 0.05) is 0 Å². The van der Waals surface area contributed by atoms with Crippen molar-refractivity contribution in [3.63, 3.8) is 0 Å². The normalized spacial score (nSPS) is 11.6. The SMILES string of the molecule is CCSCCCNC(C)(C)C(=O)O. The molecule has 0 aromatic heterocycles. The molecule has 3 nitrogen and oxygen atoms in total. The second kappa shape index (κ2) is 6.27. The van der Waals surface area contributed by atoms with E-state index in [2.05, 4.69) is 12.2 Å². The van der Waals surface area contributed by atoms with Gasteiger partial charge < -0.3 is 10.4 Å². The van der Waals surface area contributed by atoms with Crippen LogP contribution in [-0.2, 0) is 4.79 Å². The Balaban J connectivity index is 3.46. The van der Waals surface area contributed by atoms with Gasteiger partial charge in [0.2, 0.25) is 0 Å². The number of nitrogens with one attached hydrogen (secondary N) is 1. The largest absolute Gasteiger partial charge is 0.480 e. The Morgan fingerprint density at radius 1 is 1.54 bits per heavy atom. The Morgan fingerprint density at radius 3 is 2.62 bits per heavy atom. The van der Waals surface area contributed by atoms with Gasteiger partial charge in [-0.3, -0.25) is 4.79 Å². The monoisotopic (exact) mass is 205 g/mol. The van der Waals surface area contributed by atoms with E-state index in [9.17, 15) is 4.79 Å². The van der Waals surface area contributed by atoms with Gasteiger partial charge in [0.25, 0.3) is 0 Å². The van der Waals surface area contributed by atoms with Crippen molar-refractivity contribution >= 4 is 17.7 Å². The summed E-state index contributed by atoms with van der Waals surface area (Å²) in [5.41, 5.74) is -0.795. The van der Waals surface area contributed by atoms with Crippen molar-refractivity contribution in [1.29, 1.82) is 0 Å². The number of carbonyl (C=O) groups is 1. The van der Waals surface area contributed by atoms with E-state index in [4.69, 9.17) is 5.11 Å². The van der Waals surface area contributed by atoms with Crippen molar-refractivity contribution < 1.29 is 9.90 Å². The van der Waals surface area contributed by atoms with Gasteiger partial charge in [-0.05, 0) is 38.3 Å². The Bertz CT molecular complexity index is 160. The highest BCUT2D eigenvalue weighted by Crippen LogP contribution is 2.03. The molecule has 2 N–H and O–H groups in total. The highest BCUT2D eigenvalue weighted by molar-refractivity contribution is 7.99. The van der Waals surface area contributed by atoms with Gasteiger partial charge in [-0.25, -0.2) is 0 Å². The van der Waals surface area contributed by atoms with Gasteiger partial charge in [-0.2, -0.15) is 11.8 Å². The molecule has 0 saturated heterocycles. The third kappa shape index (κ3) is 5.93. The van der Waals surface area contributed by atoms with E-state index in [1.807, 2.05) is 11.8 Å². The maximum Gasteiger partial charge on any atom is 0.323 e. The maximum absolute atomic E-state index is 10.7. The molecule has 0 atom stereocenters. The summed E-state index contributed by atoms with van der Waals surface area (Å²) in [6, 6.07) is 0. The second-order valence-electron chi connectivity index (χ2n) is 3.41. The summed E-state index contributed by atoms with van der Waals surface area (Å²) in [4.78, 5) is 10.7. The van der Waals surface area contributed by atoms with Crippen LogP contribution in [0, 0.1) is 0 Å². The minimum absolute atomic E-state index is 0.770. The Hall–Kier alpha value is -0.220. The van der Waals surface area contributed by atoms with E-state index >= 15 is 0 Å². The van der Waals surface area contributed by atoms with Crippen LogP contribution in [0.4, 0.5) is 0 Å². The molecule has 0 aromatic rings. The van der Waals surface area contributed by atoms with Gasteiger partial charge in [-0.1, -0.05) is 6.92 Å². The Labute approximate surface area is 84.3 Å². The number of hydrogen-bond acceptors (Lipinski definition) is 3. The van der Waals surface area contributed by atoms with E-state index in [-0.39, 0.29) is 0 Å². The topological polar surface area (TPSA) is 49.3 Å². The zero-order valence-electron chi connectivity index (χ0n) is 8.59. The average Bonchev–Trinajstić information content (AvgIpc) is 2.03. The lowest BCUT2D eigenvalue weighted by molar-refractivity contribution is -0.143. The van der Waals surface area contributed by atoms with Gasteiger partial charge in [0.1, 0.15) is 5.54 Å². The third-order valence-electron chi connectivity index (χ3n) is 1.77. The van der Waals surface area contributed by atoms with Crippen LogP contribution in [0.3, 0.4) is 0 Å². The summed E-state index contributed by atoms with van der Waals surface area (Å²) in [7, 11) is 0. The van der Waals surface area contributed by atoms with Crippen LogP contribution in [0.2, 0.25) is 0 Å². The van der Waals surface area contributed by atoms with Crippen LogP contribution < -0.4 is 5.32 Å². The van der Waals surface area contributed by atoms with Crippen LogP contribution in [-0.4, -0.2) is 34.7 Å². The lowest BCUT2D eigenvalue weighted by Crippen LogP contribution is -2.47. The van der Waals surface area contributed by atoms with Gasteiger partial charge in [0.15, 0.2) is 0 Å². The summed E-state index contributed by atoms with van der Waals surface area (Å²) in [6.07, 6.45) is 1.02. The second-order valence-corrected chi connectivity index (χ2v) is 4.80. The lowest BCUT2D eigenvalue weighted by atomic mass is 10.1. The molecule has 0 aromatic carbocycles. The van der Waals surface area contributed by atoms with E-state index < -0.39 is 11.5 Å². The van der Waals surface area contributed by atoms with E-state index in [1.165, 1.54) is 0 Å². The molecule has 0 unspecified atom stereocenters. The van der Waals surface area contributed by atoms with Crippen LogP contribution in [0.15, 0.2) is 0 Å². The highest BCUT2D eigenvalue weighted by atomic mass is 32.2. The van der Waals surface area contributed by atoms with Gasteiger partial charge in [0.05, 0.1) is 0 Å². The third-order valence-corrected chi connectivity index (χ3v) is 2.76. The number of aliphatic carboxylic acids is 1. The molecule has 0 saturated carbocycles. The summed E-state index contributed by atoms with van der Waals surface area (Å²) < 4.78 is 0. The molecular weight excluding hydrogens is 186 g/mol. The first kappa shape index (κ1) is 12.8. The zero-order chi connectivity index (χ0) is 10.3. The molecule has 0 rings (SSSR count). The van der Waals surface area contributed by atoms with Crippen molar-refractivity contribution in [2.24, 2.45) is 0 Å². The predicted octanol–water partition coefficient (Wildman–Crippen LogP) is 1.58. The molecular formula is C9H19NO2S. The van der Waals surface area contributed by atoms with Crippen molar-refractivity contribution in [1.82, 2.24) is 5.32 Å². The zero-order valence-corrected chi connectivity index (χ0v) is 9.41. The number of thioether (sulfide) groups is 1. The fourth-order valence-corrected chi connectivity index (χ4v) is 1.43. The fourth-order valence-electron chi connectivity index (χ4n) is 0.795. The van der Waals surface area contributed by atoms with Crippen molar-refractivity contribution in [3.05, 3.63) is 0 Å². The molecule has 0 bridgehead atoms. The van der Waals surface area contributed by atoms with Crippen LogP contribution >= 0.6 is 11.8 Å². The molecule has 0 fully saturated rings. The predicted molar refractivity (Wildman–Crippen MR) is 57.3 cm³/mol. The average molecular weight is 205 g/mol. The van der Waals surface area contributed by atoms with Crippen molar-refractivity contribution in [2.45, 2.75) is 32.7 Å². The molecule has 0 aliphatic carbocycles. The number of hydrogen-bond donors (Lipinski definition) is 2. The molecule has 0 radical (unpaired) electrons. The smallest absolute Gasteiger partial charge is 0.323 e. The molecule has 0 amide bonds. The first-order valence-corrected chi connectivity index (χ1v) is 5.72. The van der Waals surface area contributed by atoms with Crippen LogP contribution in [0.1, 0.15) is 27.2 Å². The van der Waals surface area contributed by atoms with Gasteiger partial charge in [-0.15, -0.1) is 0 Å². The minimum Gasteiger partial charge on any atom is -0.480 e. The minimum atomic E-state index is -0.796. The van der Waals surface area contributed by atoms with Gasteiger partial charge >= 0.3 is 5.97 Å². The number of carboxylic acids is 1. The van der Waals surface area contributed by atoms with E-state index in [0.29, 0.717) is 0 Å². The molecule has 0 aliphatic heterocycles. The van der Waals surface area contributed by atoms with Crippen molar-refractivity contribution in [3.8, 4) is 0 Å². The maximum atomic E-state index is 10.7. The van der Waals surface area contributed by atoms with Crippen molar-refractivity contribution in [2.75, 3.05) is 18.1 Å². The fraction of sp³-hybridized carbons (Fsp3) is 0.889. The molecule has 0 heterocycles. The summed E-state index contributed by atoms with van der Waals surface area (Å²) in [6.45, 7) is 6.26. The van der Waals surface area contributed by atoms with Crippen LogP contribution in [0.5, 0.6) is 0 Å². The number of carboxylic acid groups (broad SMARTS) is 1. The molecule has 0 spiro atoms. The summed E-state index contributed by atoms with van der Waals surface area (Å²) in [5, 5.41) is 11.8. The van der Waals surface area contributed by atoms with E-state index in [0.717, 1.165) is 24.5 Å². The standard InChI is InChI=1S/C9H19NO2S/c1-4-13-7-5-6-10-9(2,3)8(11)12/h10H,4-7H2,1-3H3,(H,11,12). The number of rotatable bonds is 7. The first-order valence-electron chi connectivity index (χ1n) is 4.57. The lowest BCUT2D eigenvalue weighted by Gasteiger charge is -2.20. The molecule has 78 valence electrons. The summed E-state index contributed by atoms with van der Waals surface area (Å²) >= 11 is 1.88. The van der Waals surface area contributed by atoms with Crippen LogP contribution in [0.25, 0.3) is 0 Å². The highest BCUT2D eigenvalue weighted by Gasteiger charge is 2.25. The Kier molecular flexibility index (Phi) is 6.16. The molecule has 4 heteroatoms. The Morgan fingerprint density at radius 2 is 2.15 bits per heavy atom.